The average Bonchev–Trinajstić information content (AvgIpc) is 2.47. The number of amides is 1. The molecule has 7 nitrogen and oxygen atoms in total. The normalized spacial score (nSPS) is 17.0. The number of ether oxygens (including phenoxy) is 1. The molecule has 1 aromatic carbocycles. The summed E-state index contributed by atoms with van der Waals surface area (Å²) >= 11 is 0. The molecule has 0 saturated carbocycles. The van der Waals surface area contributed by atoms with E-state index in [0.717, 1.165) is 18.4 Å². The van der Waals surface area contributed by atoms with Crippen LogP contribution in [0.3, 0.4) is 0 Å². The minimum atomic E-state index is -0.620. The van der Waals surface area contributed by atoms with Crippen LogP contribution in [0, 0.1) is 10.1 Å². The van der Waals surface area contributed by atoms with E-state index in [1.807, 2.05) is 26.8 Å². The van der Waals surface area contributed by atoms with Crippen molar-refractivity contribution < 1.29 is 19.6 Å². The fourth-order valence-electron chi connectivity index (χ4n) is 2.51. The molecule has 1 N–H and O–H groups in total. The summed E-state index contributed by atoms with van der Waals surface area (Å²) in [6.45, 7) is 6.52. The number of nitro groups is 1. The number of benzene rings is 1. The molecule has 0 atom stereocenters. The molecule has 0 aliphatic carbocycles. The highest BCUT2D eigenvalue weighted by Gasteiger charge is 2.25. The number of hydrogen-bond donors (Lipinski definition) is 1. The highest BCUT2D eigenvalue weighted by molar-refractivity contribution is 5.69. The molecule has 130 valence electrons. The quantitative estimate of drug-likeness (QED) is 0.657. The zero-order chi connectivity index (χ0) is 17.9. The molecule has 2 rings (SSSR count). The van der Waals surface area contributed by atoms with Gasteiger partial charge in [0.25, 0.3) is 0 Å². The first-order valence-corrected chi connectivity index (χ1v) is 7.80. The maximum atomic E-state index is 12.2. The molecule has 1 saturated heterocycles. The molecule has 1 aromatic rings. The Kier molecular flexibility index (Phi) is 5.11. The number of aromatic hydroxyl groups is 1. The second-order valence-corrected chi connectivity index (χ2v) is 6.81. The number of rotatable bonds is 2. The molecule has 1 fully saturated rings. The van der Waals surface area contributed by atoms with Gasteiger partial charge in [0.1, 0.15) is 5.60 Å². The lowest BCUT2D eigenvalue weighted by atomic mass is 10.0. The van der Waals surface area contributed by atoms with Crippen LogP contribution in [0.25, 0.3) is 6.08 Å². The topological polar surface area (TPSA) is 92.9 Å². The molecule has 1 heterocycles. The molecule has 0 bridgehead atoms. The van der Waals surface area contributed by atoms with E-state index in [4.69, 9.17) is 4.74 Å². The highest BCUT2D eigenvalue weighted by Crippen LogP contribution is 2.28. The van der Waals surface area contributed by atoms with E-state index in [-0.39, 0.29) is 17.5 Å². The van der Waals surface area contributed by atoms with Gasteiger partial charge in [-0.15, -0.1) is 0 Å². The summed E-state index contributed by atoms with van der Waals surface area (Å²) in [5, 5.41) is 20.4. The summed E-state index contributed by atoms with van der Waals surface area (Å²) < 4.78 is 5.38. The Bertz CT molecular complexity index is 676. The number of carbonyl (C=O) groups is 1. The SMILES string of the molecule is CC(C)(C)OC(=O)N1CCC/C(=C/c2ccc(O)c([N+](=O)[O-])c2)C1. The molecule has 1 aliphatic heterocycles. The van der Waals surface area contributed by atoms with Gasteiger partial charge in [0, 0.05) is 19.2 Å². The van der Waals surface area contributed by atoms with E-state index < -0.39 is 10.5 Å². The number of piperidine rings is 1. The fourth-order valence-corrected chi connectivity index (χ4v) is 2.51. The monoisotopic (exact) mass is 334 g/mol. The third-order valence-corrected chi connectivity index (χ3v) is 3.54. The first-order chi connectivity index (χ1) is 11.2. The smallest absolute Gasteiger partial charge is 0.410 e. The molecule has 24 heavy (non-hydrogen) atoms. The number of carbonyl (C=O) groups excluding carboxylic acids is 1. The third-order valence-electron chi connectivity index (χ3n) is 3.54. The van der Waals surface area contributed by atoms with Crippen molar-refractivity contribution in [3.63, 3.8) is 0 Å². The number of likely N-dealkylation sites (tertiary alicyclic amines) is 1. The van der Waals surface area contributed by atoms with Gasteiger partial charge in [0.15, 0.2) is 5.75 Å². The van der Waals surface area contributed by atoms with E-state index >= 15 is 0 Å². The summed E-state index contributed by atoms with van der Waals surface area (Å²) in [7, 11) is 0. The minimum absolute atomic E-state index is 0.329. The second kappa shape index (κ2) is 6.90. The minimum Gasteiger partial charge on any atom is -0.502 e. The van der Waals surface area contributed by atoms with Crippen LogP contribution < -0.4 is 0 Å². The standard InChI is InChI=1S/C17H22N2O5/c1-17(2,3)24-16(21)18-8-4-5-13(11-18)9-12-6-7-15(20)14(10-12)19(22)23/h6-7,9-10,20H,4-5,8,11H2,1-3H3/b13-9-. The summed E-state index contributed by atoms with van der Waals surface area (Å²) in [6.07, 6.45) is 3.09. The summed E-state index contributed by atoms with van der Waals surface area (Å²) in [6, 6.07) is 4.25. The van der Waals surface area contributed by atoms with Crippen LogP contribution in [-0.2, 0) is 4.74 Å². The lowest BCUT2D eigenvalue weighted by Crippen LogP contribution is -2.40. The van der Waals surface area contributed by atoms with E-state index in [1.54, 1.807) is 11.0 Å². The highest BCUT2D eigenvalue weighted by atomic mass is 16.6. The van der Waals surface area contributed by atoms with Crippen molar-refractivity contribution >= 4 is 17.9 Å². The lowest BCUT2D eigenvalue weighted by molar-refractivity contribution is -0.385. The van der Waals surface area contributed by atoms with Crippen molar-refractivity contribution in [2.45, 2.75) is 39.2 Å². The maximum Gasteiger partial charge on any atom is 0.410 e. The van der Waals surface area contributed by atoms with Gasteiger partial charge >= 0.3 is 11.8 Å². The van der Waals surface area contributed by atoms with E-state index in [0.29, 0.717) is 18.7 Å². The van der Waals surface area contributed by atoms with Crippen LogP contribution in [0.15, 0.2) is 23.8 Å². The van der Waals surface area contributed by atoms with Crippen LogP contribution in [0.5, 0.6) is 5.75 Å². The Morgan fingerprint density at radius 1 is 1.42 bits per heavy atom. The zero-order valence-corrected chi connectivity index (χ0v) is 14.1. The van der Waals surface area contributed by atoms with Crippen molar-refractivity contribution in [1.29, 1.82) is 0 Å². The molecule has 1 amide bonds. The predicted molar refractivity (Wildman–Crippen MR) is 89.8 cm³/mol. The molecular formula is C17H22N2O5. The first-order valence-electron chi connectivity index (χ1n) is 7.80. The number of phenolic OH excluding ortho intramolecular Hbond substituents is 1. The average molecular weight is 334 g/mol. The van der Waals surface area contributed by atoms with Gasteiger partial charge in [0.05, 0.1) is 4.92 Å². The Labute approximate surface area is 140 Å². The summed E-state index contributed by atoms with van der Waals surface area (Å²) in [5.41, 5.74) is 0.743. The maximum absolute atomic E-state index is 12.2. The van der Waals surface area contributed by atoms with Gasteiger partial charge in [-0.1, -0.05) is 17.7 Å². The second-order valence-electron chi connectivity index (χ2n) is 6.81. The zero-order valence-electron chi connectivity index (χ0n) is 14.1. The van der Waals surface area contributed by atoms with Crippen molar-refractivity contribution in [3.8, 4) is 5.75 Å². The lowest BCUT2D eigenvalue weighted by Gasteiger charge is -2.31. The van der Waals surface area contributed by atoms with Crippen molar-refractivity contribution in [2.75, 3.05) is 13.1 Å². The number of nitrogens with zero attached hydrogens (tertiary/aromatic N) is 2. The molecular weight excluding hydrogens is 312 g/mol. The molecule has 0 aromatic heterocycles. The van der Waals surface area contributed by atoms with Crippen LogP contribution in [0.1, 0.15) is 39.2 Å². The van der Waals surface area contributed by atoms with E-state index in [9.17, 15) is 20.0 Å². The Morgan fingerprint density at radius 3 is 2.75 bits per heavy atom. The van der Waals surface area contributed by atoms with Crippen LogP contribution in [0.4, 0.5) is 10.5 Å². The fraction of sp³-hybridized carbons (Fsp3) is 0.471. The molecule has 0 radical (unpaired) electrons. The molecule has 7 heteroatoms. The first kappa shape index (κ1) is 17.8. The van der Waals surface area contributed by atoms with Gasteiger partial charge in [-0.3, -0.25) is 10.1 Å². The van der Waals surface area contributed by atoms with Gasteiger partial charge in [-0.2, -0.15) is 0 Å². The van der Waals surface area contributed by atoms with Crippen LogP contribution in [-0.4, -0.2) is 39.7 Å². The Balaban J connectivity index is 2.14. The number of hydrogen-bond acceptors (Lipinski definition) is 5. The van der Waals surface area contributed by atoms with Crippen molar-refractivity contribution in [3.05, 3.63) is 39.4 Å². The Hall–Kier alpha value is -2.57. The van der Waals surface area contributed by atoms with Gasteiger partial charge in [0.2, 0.25) is 0 Å². The molecule has 0 spiro atoms. The van der Waals surface area contributed by atoms with Crippen LogP contribution in [0.2, 0.25) is 0 Å². The molecule has 0 unspecified atom stereocenters. The van der Waals surface area contributed by atoms with E-state index in [1.165, 1.54) is 12.1 Å². The van der Waals surface area contributed by atoms with Gasteiger partial charge in [-0.25, -0.2) is 4.79 Å². The molecule has 1 aliphatic rings. The van der Waals surface area contributed by atoms with Gasteiger partial charge in [-0.05, 0) is 45.2 Å². The number of phenols is 1. The van der Waals surface area contributed by atoms with Crippen molar-refractivity contribution in [1.82, 2.24) is 4.90 Å². The van der Waals surface area contributed by atoms with E-state index in [2.05, 4.69) is 0 Å². The Morgan fingerprint density at radius 2 is 2.12 bits per heavy atom. The van der Waals surface area contributed by atoms with Gasteiger partial charge < -0.3 is 14.7 Å². The van der Waals surface area contributed by atoms with Crippen LogP contribution >= 0.6 is 0 Å². The summed E-state index contributed by atoms with van der Waals surface area (Å²) in [4.78, 5) is 24.1. The predicted octanol–water partition coefficient (Wildman–Crippen LogP) is 3.71. The van der Waals surface area contributed by atoms with Crippen molar-refractivity contribution in [2.24, 2.45) is 0 Å². The summed E-state index contributed by atoms with van der Waals surface area (Å²) in [5.74, 6) is -0.360. The third kappa shape index (κ3) is 4.71. The number of nitro benzene ring substituents is 1. The largest absolute Gasteiger partial charge is 0.502 e.